The zero-order valence-electron chi connectivity index (χ0n) is 19.4. The van der Waals surface area contributed by atoms with Gasteiger partial charge in [-0.15, -0.1) is 16.8 Å². The van der Waals surface area contributed by atoms with Gasteiger partial charge in [-0.1, -0.05) is 30.0 Å². The first kappa shape index (κ1) is 23.9. The van der Waals surface area contributed by atoms with Gasteiger partial charge in [0.05, 0.1) is 24.2 Å². The number of para-hydroxylation sites is 2. The van der Waals surface area contributed by atoms with Gasteiger partial charge < -0.3 is 14.8 Å². The van der Waals surface area contributed by atoms with Crippen molar-refractivity contribution in [1.29, 1.82) is 0 Å². The van der Waals surface area contributed by atoms with E-state index in [1.54, 1.807) is 6.08 Å². The fraction of sp³-hybridized carbons (Fsp3) is 0.346. The summed E-state index contributed by atoms with van der Waals surface area (Å²) < 4.78 is 13.6. The Labute approximate surface area is 204 Å². The number of carbonyl (C=O) groups excluding carboxylic acids is 1. The van der Waals surface area contributed by atoms with Crippen molar-refractivity contribution in [3.05, 3.63) is 61.2 Å². The molecule has 1 aliphatic carbocycles. The summed E-state index contributed by atoms with van der Waals surface area (Å²) in [4.78, 5) is 12.6. The number of anilines is 1. The first-order valence-electron chi connectivity index (χ1n) is 11.6. The molecule has 0 spiro atoms. The van der Waals surface area contributed by atoms with Gasteiger partial charge in [-0.25, -0.2) is 0 Å². The number of allylic oxidation sites excluding steroid dienone is 1. The zero-order chi connectivity index (χ0) is 23.8. The van der Waals surface area contributed by atoms with Crippen LogP contribution in [0, 0.1) is 0 Å². The molecule has 0 atom stereocenters. The van der Waals surface area contributed by atoms with Crippen LogP contribution in [0.2, 0.25) is 0 Å². The summed E-state index contributed by atoms with van der Waals surface area (Å²) in [6, 6.07) is 15.4. The highest BCUT2D eigenvalue weighted by molar-refractivity contribution is 7.99. The van der Waals surface area contributed by atoms with Crippen LogP contribution >= 0.6 is 11.8 Å². The summed E-state index contributed by atoms with van der Waals surface area (Å²) in [5.74, 6) is 2.33. The standard InChI is InChI=1S/C26H30N4O3S/c1-3-17-30-25(19-13-15-21(16-14-19)33-20-9-5-6-10-20)28-29-26(30)34-18-24(31)27-22-11-7-8-12-23(22)32-4-2/h3,7-8,11-16,20H,1,4-6,9-10,17-18H2,2H3,(H,27,31). The van der Waals surface area contributed by atoms with Crippen molar-refractivity contribution >= 4 is 23.4 Å². The number of benzene rings is 2. The van der Waals surface area contributed by atoms with Crippen molar-refractivity contribution in [1.82, 2.24) is 14.8 Å². The molecule has 178 valence electrons. The van der Waals surface area contributed by atoms with Crippen LogP contribution in [0.3, 0.4) is 0 Å². The van der Waals surface area contributed by atoms with Gasteiger partial charge in [0.15, 0.2) is 11.0 Å². The Morgan fingerprint density at radius 3 is 2.68 bits per heavy atom. The molecule has 2 aromatic carbocycles. The van der Waals surface area contributed by atoms with E-state index in [-0.39, 0.29) is 11.7 Å². The molecule has 7 nitrogen and oxygen atoms in total. The van der Waals surface area contributed by atoms with E-state index in [1.165, 1.54) is 24.6 Å². The highest BCUT2D eigenvalue weighted by Crippen LogP contribution is 2.29. The minimum atomic E-state index is -0.139. The average Bonchev–Trinajstić information content (AvgIpc) is 3.50. The van der Waals surface area contributed by atoms with E-state index in [1.807, 2.05) is 60.0 Å². The summed E-state index contributed by atoms with van der Waals surface area (Å²) >= 11 is 1.34. The number of thioether (sulfide) groups is 1. The number of carbonyl (C=O) groups is 1. The largest absolute Gasteiger partial charge is 0.492 e. The van der Waals surface area contributed by atoms with Crippen molar-refractivity contribution < 1.29 is 14.3 Å². The van der Waals surface area contributed by atoms with Crippen LogP contribution in [0.5, 0.6) is 11.5 Å². The SMILES string of the molecule is C=CCn1c(SCC(=O)Nc2ccccc2OCC)nnc1-c1ccc(OC2CCCC2)cc1. The monoisotopic (exact) mass is 478 g/mol. The predicted molar refractivity (Wildman–Crippen MR) is 136 cm³/mol. The third kappa shape index (κ3) is 5.99. The Morgan fingerprint density at radius 1 is 1.18 bits per heavy atom. The Hall–Kier alpha value is -3.26. The predicted octanol–water partition coefficient (Wildman–Crippen LogP) is 5.58. The maximum Gasteiger partial charge on any atom is 0.234 e. The zero-order valence-corrected chi connectivity index (χ0v) is 20.2. The molecule has 1 saturated carbocycles. The van der Waals surface area contributed by atoms with E-state index < -0.39 is 0 Å². The van der Waals surface area contributed by atoms with Gasteiger partial charge in [-0.3, -0.25) is 9.36 Å². The van der Waals surface area contributed by atoms with Gasteiger partial charge in [0.2, 0.25) is 5.91 Å². The quantitative estimate of drug-likeness (QED) is 0.286. The molecule has 0 saturated heterocycles. The molecule has 3 aromatic rings. The second-order valence-corrected chi connectivity index (χ2v) is 8.96. The average molecular weight is 479 g/mol. The van der Waals surface area contributed by atoms with Crippen LogP contribution < -0.4 is 14.8 Å². The molecule has 34 heavy (non-hydrogen) atoms. The number of ether oxygens (including phenoxy) is 2. The summed E-state index contributed by atoms with van der Waals surface area (Å²) in [5.41, 5.74) is 1.60. The van der Waals surface area contributed by atoms with Crippen molar-refractivity contribution in [3.8, 4) is 22.9 Å². The third-order valence-corrected chi connectivity index (χ3v) is 6.51. The number of aromatic nitrogens is 3. The molecule has 1 amide bonds. The fourth-order valence-electron chi connectivity index (χ4n) is 3.95. The van der Waals surface area contributed by atoms with Gasteiger partial charge in [0.1, 0.15) is 11.5 Å². The number of hydrogen-bond acceptors (Lipinski definition) is 6. The molecule has 0 radical (unpaired) electrons. The van der Waals surface area contributed by atoms with E-state index in [2.05, 4.69) is 22.1 Å². The minimum absolute atomic E-state index is 0.139. The highest BCUT2D eigenvalue weighted by Gasteiger charge is 2.18. The second-order valence-electron chi connectivity index (χ2n) is 8.02. The first-order valence-corrected chi connectivity index (χ1v) is 12.6. The number of hydrogen-bond donors (Lipinski definition) is 1. The molecule has 1 heterocycles. The topological polar surface area (TPSA) is 78.3 Å². The lowest BCUT2D eigenvalue weighted by molar-refractivity contribution is -0.113. The van der Waals surface area contributed by atoms with Crippen LogP contribution in [0.25, 0.3) is 11.4 Å². The Kier molecular flexibility index (Phi) is 8.25. The maximum atomic E-state index is 12.6. The van der Waals surface area contributed by atoms with Gasteiger partial charge in [0.25, 0.3) is 0 Å². The van der Waals surface area contributed by atoms with Crippen molar-refractivity contribution in [2.24, 2.45) is 0 Å². The Morgan fingerprint density at radius 2 is 1.94 bits per heavy atom. The lowest BCUT2D eigenvalue weighted by atomic mass is 10.2. The Balaban J connectivity index is 1.42. The number of nitrogens with zero attached hydrogens (tertiary/aromatic N) is 3. The second kappa shape index (κ2) is 11.7. The van der Waals surface area contributed by atoms with Crippen molar-refractivity contribution in [3.63, 3.8) is 0 Å². The lowest BCUT2D eigenvalue weighted by Crippen LogP contribution is -2.15. The summed E-state index contributed by atoms with van der Waals surface area (Å²) in [7, 11) is 0. The lowest BCUT2D eigenvalue weighted by Gasteiger charge is -2.13. The smallest absolute Gasteiger partial charge is 0.234 e. The molecule has 1 aromatic heterocycles. The molecule has 1 fully saturated rings. The van der Waals surface area contributed by atoms with Crippen molar-refractivity contribution in [2.45, 2.75) is 50.4 Å². The number of nitrogens with one attached hydrogen (secondary N) is 1. The van der Waals surface area contributed by atoms with Gasteiger partial charge in [-0.2, -0.15) is 0 Å². The molecule has 1 N–H and O–H groups in total. The molecule has 0 bridgehead atoms. The van der Waals surface area contributed by atoms with E-state index in [9.17, 15) is 4.79 Å². The van der Waals surface area contributed by atoms with E-state index in [4.69, 9.17) is 9.47 Å². The maximum absolute atomic E-state index is 12.6. The van der Waals surface area contributed by atoms with Crippen LogP contribution in [0.15, 0.2) is 66.3 Å². The van der Waals surface area contributed by atoms with Crippen LogP contribution in [-0.4, -0.2) is 39.1 Å². The number of rotatable bonds is 11. The van der Waals surface area contributed by atoms with E-state index in [0.29, 0.717) is 35.8 Å². The summed E-state index contributed by atoms with van der Waals surface area (Å²) in [5, 5.41) is 12.3. The molecule has 0 unspecified atom stereocenters. The Bertz CT molecular complexity index is 1110. The van der Waals surface area contributed by atoms with Gasteiger partial charge in [0, 0.05) is 12.1 Å². The molecular weight excluding hydrogens is 448 g/mol. The molecule has 1 aliphatic rings. The minimum Gasteiger partial charge on any atom is -0.492 e. The van der Waals surface area contributed by atoms with Crippen LogP contribution in [0.4, 0.5) is 5.69 Å². The molecule has 8 heteroatoms. The van der Waals surface area contributed by atoms with Crippen LogP contribution in [-0.2, 0) is 11.3 Å². The molecular formula is C26H30N4O3S. The molecule has 4 rings (SSSR count). The van der Waals surface area contributed by atoms with E-state index >= 15 is 0 Å². The highest BCUT2D eigenvalue weighted by atomic mass is 32.2. The van der Waals surface area contributed by atoms with Gasteiger partial charge >= 0.3 is 0 Å². The normalized spacial score (nSPS) is 13.6. The van der Waals surface area contributed by atoms with Crippen molar-refractivity contribution in [2.75, 3.05) is 17.7 Å². The molecule has 0 aliphatic heterocycles. The summed E-state index contributed by atoms with van der Waals surface area (Å²) in [6.45, 7) is 6.85. The fourth-order valence-corrected chi connectivity index (χ4v) is 4.70. The van der Waals surface area contributed by atoms with Gasteiger partial charge in [-0.05, 0) is 69.0 Å². The summed E-state index contributed by atoms with van der Waals surface area (Å²) in [6.07, 6.45) is 6.86. The van der Waals surface area contributed by atoms with E-state index in [0.717, 1.165) is 30.0 Å². The first-order chi connectivity index (χ1) is 16.7. The third-order valence-electron chi connectivity index (χ3n) is 5.54. The number of amides is 1. The van der Waals surface area contributed by atoms with Crippen LogP contribution in [0.1, 0.15) is 32.6 Å².